The molecular weight excluding hydrogens is 308 g/mol. The molecule has 1 aromatic rings. The average molecular weight is 338 g/mol. The van der Waals surface area contributed by atoms with Crippen molar-refractivity contribution < 1.29 is 19.0 Å². The highest BCUT2D eigenvalue weighted by molar-refractivity contribution is 5.84. The Bertz CT molecular complexity index is 469. The molecule has 3 N–H and O–H groups in total. The van der Waals surface area contributed by atoms with Crippen molar-refractivity contribution in [2.24, 2.45) is 5.73 Å². The van der Waals surface area contributed by atoms with Crippen LogP contribution < -0.4 is 15.8 Å². The molecule has 0 aromatic heterocycles. The maximum atomic E-state index is 11.7. The Morgan fingerprint density at radius 1 is 1.04 bits per heavy atom. The van der Waals surface area contributed by atoms with Gasteiger partial charge in [0, 0.05) is 18.9 Å². The van der Waals surface area contributed by atoms with E-state index in [9.17, 15) is 4.79 Å². The monoisotopic (exact) mass is 338 g/mol. The number of anilines is 1. The molecule has 0 heterocycles. The van der Waals surface area contributed by atoms with Crippen LogP contribution >= 0.6 is 0 Å². The number of nitrogens with two attached hydrogens (primary N) is 1. The summed E-state index contributed by atoms with van der Waals surface area (Å²) in [6.45, 7) is 8.25. The van der Waals surface area contributed by atoms with Crippen LogP contribution in [-0.4, -0.2) is 38.1 Å². The van der Waals surface area contributed by atoms with Crippen LogP contribution in [0.15, 0.2) is 24.3 Å². The molecule has 1 rings (SSSR count). The Balaban J connectivity index is 2.19. The molecule has 24 heavy (non-hydrogen) atoms. The molecular formula is C18H30N2O4. The van der Waals surface area contributed by atoms with Crippen LogP contribution in [0.2, 0.25) is 0 Å². The topological polar surface area (TPSA) is 82.8 Å². The molecule has 0 radical (unpaired) electrons. The zero-order valence-corrected chi connectivity index (χ0v) is 15.0. The van der Waals surface area contributed by atoms with Crippen LogP contribution in [-0.2, 0) is 9.47 Å². The number of hydrogen-bond donors (Lipinski definition) is 2. The van der Waals surface area contributed by atoms with E-state index < -0.39 is 11.7 Å². The molecule has 1 aromatic carbocycles. The predicted octanol–water partition coefficient (Wildman–Crippen LogP) is 3.56. The number of benzene rings is 1. The first kappa shape index (κ1) is 20.3. The standard InChI is InChI=1S/C18H30N2O4/c1-18(2,3)24-17(21)20-15-7-9-16(10-8-15)23-14-5-4-12-22-13-6-11-19/h7-10H,4-6,11-14,19H2,1-3H3,(H,20,21). The normalized spacial score (nSPS) is 11.2. The van der Waals surface area contributed by atoms with E-state index >= 15 is 0 Å². The van der Waals surface area contributed by atoms with E-state index in [1.807, 2.05) is 32.9 Å². The highest BCUT2D eigenvalue weighted by atomic mass is 16.6. The first-order valence-electron chi connectivity index (χ1n) is 8.41. The van der Waals surface area contributed by atoms with Gasteiger partial charge in [-0.3, -0.25) is 5.32 Å². The number of rotatable bonds is 10. The molecule has 136 valence electrons. The van der Waals surface area contributed by atoms with E-state index in [0.29, 0.717) is 18.8 Å². The van der Waals surface area contributed by atoms with Crippen molar-refractivity contribution in [1.29, 1.82) is 0 Å². The first-order chi connectivity index (χ1) is 11.4. The number of unbranched alkanes of at least 4 members (excludes halogenated alkanes) is 1. The smallest absolute Gasteiger partial charge is 0.412 e. The van der Waals surface area contributed by atoms with Gasteiger partial charge < -0.3 is 19.9 Å². The lowest BCUT2D eigenvalue weighted by atomic mass is 10.2. The highest BCUT2D eigenvalue weighted by Crippen LogP contribution is 2.17. The van der Waals surface area contributed by atoms with Crippen molar-refractivity contribution in [2.75, 3.05) is 31.7 Å². The van der Waals surface area contributed by atoms with Crippen LogP contribution in [0.4, 0.5) is 10.5 Å². The summed E-state index contributed by atoms with van der Waals surface area (Å²) in [4.78, 5) is 11.7. The van der Waals surface area contributed by atoms with E-state index in [4.69, 9.17) is 19.9 Å². The number of nitrogens with one attached hydrogen (secondary N) is 1. The van der Waals surface area contributed by atoms with Gasteiger partial charge in [0.15, 0.2) is 0 Å². The van der Waals surface area contributed by atoms with Gasteiger partial charge in [0.2, 0.25) is 0 Å². The third-order valence-electron chi connectivity index (χ3n) is 2.94. The molecule has 0 aliphatic heterocycles. The summed E-state index contributed by atoms with van der Waals surface area (Å²) in [6, 6.07) is 7.22. The van der Waals surface area contributed by atoms with E-state index in [1.54, 1.807) is 12.1 Å². The quantitative estimate of drug-likeness (QED) is 0.637. The molecule has 6 nitrogen and oxygen atoms in total. The molecule has 0 aliphatic carbocycles. The summed E-state index contributed by atoms with van der Waals surface area (Å²) in [5.41, 5.74) is 5.55. The van der Waals surface area contributed by atoms with Crippen LogP contribution in [0, 0.1) is 0 Å². The third kappa shape index (κ3) is 10.1. The van der Waals surface area contributed by atoms with Crippen molar-refractivity contribution in [2.45, 2.75) is 45.6 Å². The minimum Gasteiger partial charge on any atom is -0.494 e. The van der Waals surface area contributed by atoms with E-state index in [0.717, 1.165) is 38.2 Å². The Kier molecular flexibility index (Phi) is 9.19. The largest absolute Gasteiger partial charge is 0.494 e. The number of carbonyl (C=O) groups is 1. The average Bonchev–Trinajstić information content (AvgIpc) is 2.49. The van der Waals surface area contributed by atoms with Crippen molar-refractivity contribution in [1.82, 2.24) is 0 Å². The molecule has 0 fully saturated rings. The van der Waals surface area contributed by atoms with Gasteiger partial charge in [0.1, 0.15) is 11.4 Å². The number of amides is 1. The Labute approximate surface area is 144 Å². The molecule has 0 atom stereocenters. The van der Waals surface area contributed by atoms with E-state index in [2.05, 4.69) is 5.32 Å². The molecule has 6 heteroatoms. The zero-order valence-electron chi connectivity index (χ0n) is 15.0. The van der Waals surface area contributed by atoms with Crippen LogP contribution in [0.1, 0.15) is 40.0 Å². The summed E-state index contributed by atoms with van der Waals surface area (Å²) in [5.74, 6) is 0.772. The van der Waals surface area contributed by atoms with Crippen molar-refractivity contribution >= 4 is 11.8 Å². The number of hydrogen-bond acceptors (Lipinski definition) is 5. The molecule has 0 spiro atoms. The Hall–Kier alpha value is -1.79. The van der Waals surface area contributed by atoms with E-state index in [-0.39, 0.29) is 0 Å². The van der Waals surface area contributed by atoms with Gasteiger partial charge in [-0.15, -0.1) is 0 Å². The SMILES string of the molecule is CC(C)(C)OC(=O)Nc1ccc(OCCCCOCCCN)cc1. The van der Waals surface area contributed by atoms with Crippen molar-refractivity contribution in [3.8, 4) is 5.75 Å². The molecule has 0 unspecified atom stereocenters. The maximum Gasteiger partial charge on any atom is 0.412 e. The van der Waals surface area contributed by atoms with Gasteiger partial charge >= 0.3 is 6.09 Å². The fraction of sp³-hybridized carbons (Fsp3) is 0.611. The second-order valence-corrected chi connectivity index (χ2v) is 6.46. The zero-order chi connectivity index (χ0) is 17.8. The molecule has 0 aliphatic rings. The summed E-state index contributed by atoms with van der Waals surface area (Å²) >= 11 is 0. The van der Waals surface area contributed by atoms with Gasteiger partial charge in [-0.25, -0.2) is 4.79 Å². The molecule has 0 saturated heterocycles. The number of carbonyl (C=O) groups excluding carboxylic acids is 1. The molecule has 0 bridgehead atoms. The summed E-state index contributed by atoms with van der Waals surface area (Å²) in [6.07, 6.45) is 2.33. The van der Waals surface area contributed by atoms with Crippen LogP contribution in [0.25, 0.3) is 0 Å². The lowest BCUT2D eigenvalue weighted by molar-refractivity contribution is 0.0636. The van der Waals surface area contributed by atoms with Crippen molar-refractivity contribution in [3.05, 3.63) is 24.3 Å². The molecule has 1 amide bonds. The Morgan fingerprint density at radius 2 is 1.67 bits per heavy atom. The predicted molar refractivity (Wildman–Crippen MR) is 95.5 cm³/mol. The van der Waals surface area contributed by atoms with E-state index in [1.165, 1.54) is 0 Å². The highest BCUT2D eigenvalue weighted by Gasteiger charge is 2.16. The summed E-state index contributed by atoms with van der Waals surface area (Å²) < 4.78 is 16.3. The second kappa shape index (κ2) is 10.9. The van der Waals surface area contributed by atoms with Gasteiger partial charge in [-0.05, 0) is 70.8 Å². The number of ether oxygens (including phenoxy) is 3. The Morgan fingerprint density at radius 3 is 2.29 bits per heavy atom. The fourth-order valence-electron chi connectivity index (χ4n) is 1.84. The lowest BCUT2D eigenvalue weighted by Gasteiger charge is -2.19. The molecule has 0 saturated carbocycles. The lowest BCUT2D eigenvalue weighted by Crippen LogP contribution is -2.27. The van der Waals surface area contributed by atoms with Gasteiger partial charge in [0.25, 0.3) is 0 Å². The summed E-state index contributed by atoms with van der Waals surface area (Å²) in [7, 11) is 0. The fourth-order valence-corrected chi connectivity index (χ4v) is 1.84. The van der Waals surface area contributed by atoms with Gasteiger partial charge in [-0.1, -0.05) is 0 Å². The summed E-state index contributed by atoms with van der Waals surface area (Å²) in [5, 5.41) is 2.68. The van der Waals surface area contributed by atoms with Crippen LogP contribution in [0.3, 0.4) is 0 Å². The van der Waals surface area contributed by atoms with Crippen molar-refractivity contribution in [3.63, 3.8) is 0 Å². The maximum absolute atomic E-state index is 11.7. The third-order valence-corrected chi connectivity index (χ3v) is 2.94. The second-order valence-electron chi connectivity index (χ2n) is 6.46. The minimum atomic E-state index is -0.513. The van der Waals surface area contributed by atoms with Gasteiger partial charge in [0.05, 0.1) is 6.61 Å². The first-order valence-corrected chi connectivity index (χ1v) is 8.41. The minimum absolute atomic E-state index is 0.467. The van der Waals surface area contributed by atoms with Gasteiger partial charge in [-0.2, -0.15) is 0 Å². The van der Waals surface area contributed by atoms with Crippen LogP contribution in [0.5, 0.6) is 5.75 Å².